The summed E-state index contributed by atoms with van der Waals surface area (Å²) in [4.78, 5) is 0. The molecule has 0 amide bonds. The van der Waals surface area contributed by atoms with Crippen LogP contribution in [0.2, 0.25) is 0 Å². The van der Waals surface area contributed by atoms with Crippen LogP contribution >= 0.6 is 11.6 Å². The Morgan fingerprint density at radius 2 is 1.58 bits per heavy atom. The zero-order valence-electron chi connectivity index (χ0n) is 7.85. The summed E-state index contributed by atoms with van der Waals surface area (Å²) in [7, 11) is 0. The molecule has 12 heavy (non-hydrogen) atoms. The Balaban J connectivity index is 2.73. The number of hydrogen-bond donors (Lipinski definition) is 0. The lowest BCUT2D eigenvalue weighted by Crippen LogP contribution is -2.06. The second-order valence-electron chi connectivity index (χ2n) is 2.62. The molecule has 0 atom stereocenters. The fourth-order valence-electron chi connectivity index (χ4n) is 0.831. The van der Waals surface area contributed by atoms with E-state index in [-0.39, 0.29) is 0 Å². The van der Waals surface area contributed by atoms with Crippen LogP contribution in [0.15, 0.2) is 0 Å². The van der Waals surface area contributed by atoms with Gasteiger partial charge in [0.25, 0.3) is 0 Å². The van der Waals surface area contributed by atoms with Crippen molar-refractivity contribution >= 4 is 11.6 Å². The van der Waals surface area contributed by atoms with Gasteiger partial charge in [0.15, 0.2) is 0 Å². The molecule has 0 saturated heterocycles. The molecule has 0 bridgehead atoms. The maximum atomic E-state index is 5.42. The number of halogens is 1. The predicted molar refractivity (Wildman–Crippen MR) is 51.9 cm³/mol. The first kappa shape index (κ1) is 12.2. The molecule has 0 aromatic rings. The highest BCUT2D eigenvalue weighted by Gasteiger charge is 1.89. The molecule has 0 unspecified atom stereocenters. The fourth-order valence-corrected chi connectivity index (χ4v) is 0.940. The summed E-state index contributed by atoms with van der Waals surface area (Å²) < 4.78 is 10.4. The molecule has 0 aromatic heterocycles. The maximum Gasteiger partial charge on any atom is 0.0701 e. The Hall–Kier alpha value is 0.210. The fraction of sp³-hybridized carbons (Fsp3) is 1.00. The average Bonchev–Trinajstić information content (AvgIpc) is 2.10. The lowest BCUT2D eigenvalue weighted by atomic mass is 10.3. The van der Waals surface area contributed by atoms with E-state index in [2.05, 4.69) is 6.92 Å². The first-order valence-corrected chi connectivity index (χ1v) is 5.16. The van der Waals surface area contributed by atoms with E-state index in [1.807, 2.05) is 0 Å². The SMILES string of the molecule is CCCCCOCCOCCCl. The molecular formula is C9H19ClO2. The quantitative estimate of drug-likeness (QED) is 0.415. The van der Waals surface area contributed by atoms with Crippen molar-refractivity contribution in [1.82, 2.24) is 0 Å². The first-order valence-electron chi connectivity index (χ1n) is 4.63. The predicted octanol–water partition coefficient (Wildman–Crippen LogP) is 2.45. The summed E-state index contributed by atoms with van der Waals surface area (Å²) in [6.45, 7) is 5.03. The molecule has 74 valence electrons. The number of hydrogen-bond acceptors (Lipinski definition) is 2. The van der Waals surface area contributed by atoms with Crippen LogP contribution in [0.4, 0.5) is 0 Å². The van der Waals surface area contributed by atoms with Crippen LogP contribution in [0.1, 0.15) is 26.2 Å². The smallest absolute Gasteiger partial charge is 0.0701 e. The molecule has 2 nitrogen and oxygen atoms in total. The minimum atomic E-state index is 0.565. The third-order valence-electron chi connectivity index (χ3n) is 1.49. The van der Waals surface area contributed by atoms with E-state index < -0.39 is 0 Å². The van der Waals surface area contributed by atoms with Crippen LogP contribution in [0.5, 0.6) is 0 Å². The largest absolute Gasteiger partial charge is 0.379 e. The molecule has 0 aliphatic rings. The Morgan fingerprint density at radius 1 is 0.917 bits per heavy atom. The van der Waals surface area contributed by atoms with Crippen LogP contribution in [0, 0.1) is 0 Å². The zero-order valence-corrected chi connectivity index (χ0v) is 8.61. The minimum absolute atomic E-state index is 0.565. The second kappa shape index (κ2) is 11.2. The van der Waals surface area contributed by atoms with E-state index in [1.54, 1.807) is 0 Å². The van der Waals surface area contributed by atoms with Gasteiger partial charge in [-0.1, -0.05) is 19.8 Å². The van der Waals surface area contributed by atoms with Crippen molar-refractivity contribution in [2.24, 2.45) is 0 Å². The normalized spacial score (nSPS) is 10.5. The molecule has 0 aliphatic heterocycles. The number of rotatable bonds is 9. The van der Waals surface area contributed by atoms with E-state index >= 15 is 0 Å². The molecule has 0 spiro atoms. The number of ether oxygens (including phenoxy) is 2. The van der Waals surface area contributed by atoms with Crippen molar-refractivity contribution in [1.29, 1.82) is 0 Å². The standard InChI is InChI=1S/C9H19ClO2/c1-2-3-4-6-11-8-9-12-7-5-10/h2-9H2,1H3. The van der Waals surface area contributed by atoms with Gasteiger partial charge in [-0.25, -0.2) is 0 Å². The van der Waals surface area contributed by atoms with E-state index in [0.717, 1.165) is 13.0 Å². The van der Waals surface area contributed by atoms with E-state index in [4.69, 9.17) is 21.1 Å². The van der Waals surface area contributed by atoms with Gasteiger partial charge in [-0.3, -0.25) is 0 Å². The van der Waals surface area contributed by atoms with Gasteiger partial charge in [0, 0.05) is 12.5 Å². The third-order valence-corrected chi connectivity index (χ3v) is 1.64. The lowest BCUT2D eigenvalue weighted by Gasteiger charge is -2.03. The Kier molecular flexibility index (Phi) is 11.4. The van der Waals surface area contributed by atoms with Gasteiger partial charge in [-0.15, -0.1) is 11.6 Å². The van der Waals surface area contributed by atoms with Gasteiger partial charge in [-0.2, -0.15) is 0 Å². The lowest BCUT2D eigenvalue weighted by molar-refractivity contribution is 0.0521. The van der Waals surface area contributed by atoms with Crippen LogP contribution in [-0.2, 0) is 9.47 Å². The summed E-state index contributed by atoms with van der Waals surface area (Å²) in [5.41, 5.74) is 0. The third kappa shape index (κ3) is 10.2. The van der Waals surface area contributed by atoms with E-state index in [0.29, 0.717) is 25.7 Å². The van der Waals surface area contributed by atoms with Crippen LogP contribution < -0.4 is 0 Å². The highest BCUT2D eigenvalue weighted by molar-refractivity contribution is 6.17. The number of unbranched alkanes of at least 4 members (excludes halogenated alkanes) is 2. The highest BCUT2D eigenvalue weighted by Crippen LogP contribution is 1.93. The zero-order chi connectivity index (χ0) is 9.07. The molecule has 0 fully saturated rings. The summed E-state index contributed by atoms with van der Waals surface area (Å²) in [5, 5.41) is 0. The molecule has 0 radical (unpaired) electrons. The molecule has 0 N–H and O–H groups in total. The Bertz CT molecular complexity index is 68.9. The van der Waals surface area contributed by atoms with Crippen molar-refractivity contribution in [2.75, 3.05) is 32.3 Å². The summed E-state index contributed by atoms with van der Waals surface area (Å²) in [6.07, 6.45) is 3.65. The van der Waals surface area contributed by atoms with Crippen LogP contribution in [0.3, 0.4) is 0 Å². The Labute approximate surface area is 80.2 Å². The molecule has 0 heterocycles. The summed E-state index contributed by atoms with van der Waals surface area (Å²) in [6, 6.07) is 0. The van der Waals surface area contributed by atoms with Gasteiger partial charge >= 0.3 is 0 Å². The molecular weight excluding hydrogens is 176 g/mol. The van der Waals surface area contributed by atoms with Crippen molar-refractivity contribution in [3.63, 3.8) is 0 Å². The topological polar surface area (TPSA) is 18.5 Å². The van der Waals surface area contributed by atoms with Gasteiger partial charge in [0.1, 0.15) is 0 Å². The van der Waals surface area contributed by atoms with Gasteiger partial charge in [0.2, 0.25) is 0 Å². The van der Waals surface area contributed by atoms with Crippen molar-refractivity contribution in [3.8, 4) is 0 Å². The van der Waals surface area contributed by atoms with E-state index in [9.17, 15) is 0 Å². The van der Waals surface area contributed by atoms with Crippen LogP contribution in [0.25, 0.3) is 0 Å². The van der Waals surface area contributed by atoms with Gasteiger partial charge in [-0.05, 0) is 6.42 Å². The van der Waals surface area contributed by atoms with Gasteiger partial charge in [0.05, 0.1) is 19.8 Å². The van der Waals surface area contributed by atoms with Crippen LogP contribution in [-0.4, -0.2) is 32.3 Å². The first-order chi connectivity index (χ1) is 5.91. The van der Waals surface area contributed by atoms with Crippen molar-refractivity contribution in [2.45, 2.75) is 26.2 Å². The molecule has 3 heteroatoms. The second-order valence-corrected chi connectivity index (χ2v) is 3.00. The summed E-state index contributed by atoms with van der Waals surface area (Å²) >= 11 is 5.42. The van der Waals surface area contributed by atoms with Crippen molar-refractivity contribution < 1.29 is 9.47 Å². The maximum absolute atomic E-state index is 5.42. The Morgan fingerprint density at radius 3 is 2.17 bits per heavy atom. The molecule has 0 saturated carbocycles. The monoisotopic (exact) mass is 194 g/mol. The van der Waals surface area contributed by atoms with Gasteiger partial charge < -0.3 is 9.47 Å². The molecule has 0 rings (SSSR count). The molecule has 0 aliphatic carbocycles. The molecule has 0 aromatic carbocycles. The van der Waals surface area contributed by atoms with Crippen molar-refractivity contribution in [3.05, 3.63) is 0 Å². The number of alkyl halides is 1. The van der Waals surface area contributed by atoms with E-state index in [1.165, 1.54) is 12.8 Å². The minimum Gasteiger partial charge on any atom is -0.379 e. The highest BCUT2D eigenvalue weighted by atomic mass is 35.5. The summed E-state index contributed by atoms with van der Waals surface area (Å²) in [5.74, 6) is 0.565. The average molecular weight is 195 g/mol.